The molecule has 2 heterocycles. The average Bonchev–Trinajstić information content (AvgIpc) is 2.79. The summed E-state index contributed by atoms with van der Waals surface area (Å²) in [6.07, 6.45) is 1.77. The maximum Gasteiger partial charge on any atom is 0.270 e. The van der Waals surface area contributed by atoms with Gasteiger partial charge in [0.15, 0.2) is 5.75 Å². The molecule has 0 radical (unpaired) electrons. The highest BCUT2D eigenvalue weighted by Crippen LogP contribution is 2.30. The van der Waals surface area contributed by atoms with Crippen LogP contribution in [0.3, 0.4) is 0 Å². The van der Waals surface area contributed by atoms with Crippen molar-refractivity contribution in [2.45, 2.75) is 19.4 Å². The van der Waals surface area contributed by atoms with Crippen molar-refractivity contribution in [1.29, 1.82) is 0 Å². The Labute approximate surface area is 188 Å². The van der Waals surface area contributed by atoms with E-state index >= 15 is 0 Å². The first-order valence-corrected chi connectivity index (χ1v) is 10.7. The summed E-state index contributed by atoms with van der Waals surface area (Å²) >= 11 is 0. The molecule has 9 nitrogen and oxygen atoms in total. The van der Waals surface area contributed by atoms with Crippen LogP contribution in [0.4, 0.5) is 0 Å². The van der Waals surface area contributed by atoms with E-state index in [1.165, 1.54) is 17.9 Å². The number of benzene rings is 1. The summed E-state index contributed by atoms with van der Waals surface area (Å²) < 4.78 is 17.2. The summed E-state index contributed by atoms with van der Waals surface area (Å²) in [6.45, 7) is 2.60. The van der Waals surface area contributed by atoms with E-state index in [9.17, 15) is 9.59 Å². The van der Waals surface area contributed by atoms with Crippen LogP contribution in [0.15, 0.2) is 35.1 Å². The van der Waals surface area contributed by atoms with Crippen LogP contribution in [0.5, 0.6) is 11.5 Å². The number of ether oxygens (including phenoxy) is 3. The van der Waals surface area contributed by atoms with Crippen LogP contribution in [0.25, 0.3) is 11.3 Å². The zero-order valence-corrected chi connectivity index (χ0v) is 19.2. The Balaban J connectivity index is 1.75. The Bertz CT molecular complexity index is 965. The first-order valence-electron chi connectivity index (χ1n) is 10.7. The van der Waals surface area contributed by atoms with E-state index in [1.54, 1.807) is 19.2 Å². The van der Waals surface area contributed by atoms with Crippen molar-refractivity contribution < 1.29 is 19.0 Å². The molecule has 0 saturated carbocycles. The SMILES string of the molecule is COc1ccc(-c2nn(CC(=O)NCC3(CN(C)C)CCOCC3)c(=O)cc2OC)cc1. The number of carbonyl (C=O) groups excluding carboxylic acids is 1. The summed E-state index contributed by atoms with van der Waals surface area (Å²) in [6, 6.07) is 8.61. The van der Waals surface area contributed by atoms with E-state index in [4.69, 9.17) is 14.2 Å². The first-order chi connectivity index (χ1) is 15.4. The summed E-state index contributed by atoms with van der Waals surface area (Å²) in [5.41, 5.74) is 0.799. The molecule has 1 aromatic heterocycles. The number of carbonyl (C=O) groups is 1. The van der Waals surface area contributed by atoms with Crippen LogP contribution >= 0.6 is 0 Å². The topological polar surface area (TPSA) is 94.9 Å². The molecular weight excluding hydrogens is 412 g/mol. The quantitative estimate of drug-likeness (QED) is 0.625. The van der Waals surface area contributed by atoms with Gasteiger partial charge in [-0.05, 0) is 51.2 Å². The van der Waals surface area contributed by atoms with Crippen molar-refractivity contribution in [1.82, 2.24) is 20.0 Å². The van der Waals surface area contributed by atoms with E-state index in [0.717, 1.165) is 24.9 Å². The van der Waals surface area contributed by atoms with Crippen molar-refractivity contribution in [2.24, 2.45) is 5.41 Å². The van der Waals surface area contributed by atoms with E-state index in [-0.39, 0.29) is 17.9 Å². The van der Waals surface area contributed by atoms with Crippen molar-refractivity contribution in [2.75, 3.05) is 54.6 Å². The number of methoxy groups -OCH3 is 2. The van der Waals surface area contributed by atoms with Crippen LogP contribution in [0.1, 0.15) is 12.8 Å². The molecular formula is C23H32N4O5. The number of nitrogens with one attached hydrogen (secondary N) is 1. The lowest BCUT2D eigenvalue weighted by Crippen LogP contribution is -2.48. The van der Waals surface area contributed by atoms with Gasteiger partial charge in [0.1, 0.15) is 18.0 Å². The Morgan fingerprint density at radius 2 is 1.88 bits per heavy atom. The van der Waals surface area contributed by atoms with Gasteiger partial charge in [-0.15, -0.1) is 0 Å². The van der Waals surface area contributed by atoms with Gasteiger partial charge in [-0.2, -0.15) is 5.10 Å². The summed E-state index contributed by atoms with van der Waals surface area (Å²) in [7, 11) is 7.13. The largest absolute Gasteiger partial charge is 0.497 e. The minimum absolute atomic E-state index is 0.0377. The minimum atomic E-state index is -0.400. The molecule has 32 heavy (non-hydrogen) atoms. The number of rotatable bonds is 9. The molecule has 1 N–H and O–H groups in total. The van der Waals surface area contributed by atoms with E-state index in [0.29, 0.717) is 37.0 Å². The Hall–Kier alpha value is -2.91. The normalized spacial score (nSPS) is 15.4. The summed E-state index contributed by atoms with van der Waals surface area (Å²) in [5, 5.41) is 7.43. The smallest absolute Gasteiger partial charge is 0.270 e. The maximum atomic E-state index is 12.7. The van der Waals surface area contributed by atoms with Gasteiger partial charge in [-0.3, -0.25) is 9.59 Å². The molecule has 0 spiro atoms. The van der Waals surface area contributed by atoms with Gasteiger partial charge in [0, 0.05) is 43.3 Å². The van der Waals surface area contributed by atoms with Crippen LogP contribution in [0.2, 0.25) is 0 Å². The maximum absolute atomic E-state index is 12.7. The molecule has 0 aliphatic carbocycles. The Kier molecular flexibility index (Phi) is 7.87. The third-order valence-corrected chi connectivity index (χ3v) is 5.71. The fraction of sp³-hybridized carbons (Fsp3) is 0.522. The highest BCUT2D eigenvalue weighted by molar-refractivity contribution is 5.76. The lowest BCUT2D eigenvalue weighted by atomic mass is 9.79. The standard InChI is InChI=1S/C23H32N4O5/c1-26(2)16-23(9-11-32-12-10-23)15-24-20(28)14-27-21(29)13-19(31-4)22(25-27)17-5-7-18(30-3)8-6-17/h5-8,13H,9-12,14-16H2,1-4H3,(H,24,28). The number of hydrogen-bond acceptors (Lipinski definition) is 7. The molecule has 1 amide bonds. The zero-order valence-electron chi connectivity index (χ0n) is 19.2. The second-order valence-corrected chi connectivity index (χ2v) is 8.41. The fourth-order valence-corrected chi connectivity index (χ4v) is 4.04. The highest BCUT2D eigenvalue weighted by atomic mass is 16.5. The van der Waals surface area contributed by atoms with Gasteiger partial charge >= 0.3 is 0 Å². The van der Waals surface area contributed by atoms with Crippen molar-refractivity contribution >= 4 is 5.91 Å². The average molecular weight is 445 g/mol. The second-order valence-electron chi connectivity index (χ2n) is 8.41. The van der Waals surface area contributed by atoms with E-state index < -0.39 is 5.56 Å². The van der Waals surface area contributed by atoms with Crippen LogP contribution in [-0.2, 0) is 16.1 Å². The van der Waals surface area contributed by atoms with Gasteiger partial charge < -0.3 is 24.4 Å². The highest BCUT2D eigenvalue weighted by Gasteiger charge is 2.33. The molecule has 3 rings (SSSR count). The molecule has 1 aromatic carbocycles. The molecule has 1 fully saturated rings. The third kappa shape index (κ3) is 5.86. The molecule has 1 aliphatic rings. The monoisotopic (exact) mass is 444 g/mol. The van der Waals surface area contributed by atoms with E-state index in [1.807, 2.05) is 26.2 Å². The van der Waals surface area contributed by atoms with Gasteiger partial charge in [-0.1, -0.05) is 0 Å². The molecule has 174 valence electrons. The molecule has 1 aliphatic heterocycles. The number of hydrogen-bond donors (Lipinski definition) is 1. The van der Waals surface area contributed by atoms with Crippen LogP contribution in [0, 0.1) is 5.41 Å². The van der Waals surface area contributed by atoms with Gasteiger partial charge in [0.2, 0.25) is 5.91 Å². The summed E-state index contributed by atoms with van der Waals surface area (Å²) in [5.74, 6) is 0.805. The molecule has 0 unspecified atom stereocenters. The Morgan fingerprint density at radius 1 is 1.19 bits per heavy atom. The van der Waals surface area contributed by atoms with Gasteiger partial charge in [0.05, 0.1) is 14.2 Å². The second kappa shape index (κ2) is 10.6. The molecule has 0 bridgehead atoms. The number of aromatic nitrogens is 2. The zero-order chi connectivity index (χ0) is 23.1. The first kappa shape index (κ1) is 23.7. The van der Waals surface area contributed by atoms with Crippen LogP contribution < -0.4 is 20.3 Å². The molecule has 0 atom stereocenters. The number of nitrogens with zero attached hydrogens (tertiary/aromatic N) is 3. The lowest BCUT2D eigenvalue weighted by molar-refractivity contribution is -0.123. The Morgan fingerprint density at radius 3 is 2.47 bits per heavy atom. The fourth-order valence-electron chi connectivity index (χ4n) is 4.04. The molecule has 9 heteroatoms. The third-order valence-electron chi connectivity index (χ3n) is 5.71. The predicted molar refractivity (Wildman–Crippen MR) is 121 cm³/mol. The number of amides is 1. The lowest BCUT2D eigenvalue weighted by Gasteiger charge is -2.39. The van der Waals surface area contributed by atoms with Crippen LogP contribution in [-0.4, -0.2) is 75.2 Å². The van der Waals surface area contributed by atoms with Gasteiger partial charge in [0.25, 0.3) is 5.56 Å². The van der Waals surface area contributed by atoms with Crippen molar-refractivity contribution in [3.63, 3.8) is 0 Å². The minimum Gasteiger partial charge on any atom is -0.497 e. The van der Waals surface area contributed by atoms with Crippen molar-refractivity contribution in [3.05, 3.63) is 40.7 Å². The predicted octanol–water partition coefficient (Wildman–Crippen LogP) is 1.40. The van der Waals surface area contributed by atoms with Gasteiger partial charge in [-0.25, -0.2) is 4.68 Å². The summed E-state index contributed by atoms with van der Waals surface area (Å²) in [4.78, 5) is 27.4. The molecule has 2 aromatic rings. The van der Waals surface area contributed by atoms with Crippen molar-refractivity contribution in [3.8, 4) is 22.8 Å². The molecule has 1 saturated heterocycles. The van der Waals surface area contributed by atoms with E-state index in [2.05, 4.69) is 15.3 Å².